The summed E-state index contributed by atoms with van der Waals surface area (Å²) in [7, 11) is 1.68. The molecule has 1 fully saturated rings. The van der Waals surface area contributed by atoms with Gasteiger partial charge in [0.15, 0.2) is 11.6 Å². The van der Waals surface area contributed by atoms with E-state index in [0.29, 0.717) is 6.42 Å². The molecule has 25 heavy (non-hydrogen) atoms. The maximum atomic E-state index is 12.9. The topological polar surface area (TPSA) is 44.8 Å². The zero-order valence-corrected chi connectivity index (χ0v) is 15.6. The van der Waals surface area contributed by atoms with E-state index in [2.05, 4.69) is 6.92 Å². The van der Waals surface area contributed by atoms with Crippen molar-refractivity contribution in [1.29, 1.82) is 0 Å². The van der Waals surface area contributed by atoms with Gasteiger partial charge in [-0.3, -0.25) is 4.79 Å². The minimum absolute atomic E-state index is 0.0112. The summed E-state index contributed by atoms with van der Waals surface area (Å²) < 4.78 is 17.9. The highest BCUT2D eigenvalue weighted by molar-refractivity contribution is 6.01. The van der Waals surface area contributed by atoms with E-state index in [9.17, 15) is 4.79 Å². The first kappa shape index (κ1) is 18.2. The van der Waals surface area contributed by atoms with Crippen LogP contribution in [0.25, 0.3) is 0 Å². The molecule has 0 aromatic rings. The second-order valence-electron chi connectivity index (χ2n) is 7.24. The third-order valence-electron chi connectivity index (χ3n) is 5.55. The summed E-state index contributed by atoms with van der Waals surface area (Å²) in [6.07, 6.45) is 14.0. The zero-order chi connectivity index (χ0) is 18.1. The van der Waals surface area contributed by atoms with Crippen LogP contribution in [-0.4, -0.2) is 24.3 Å². The van der Waals surface area contributed by atoms with Gasteiger partial charge in [0.2, 0.25) is 0 Å². The summed E-state index contributed by atoms with van der Waals surface area (Å²) in [6, 6.07) is 0. The quantitative estimate of drug-likeness (QED) is 0.661. The van der Waals surface area contributed by atoms with Gasteiger partial charge in [-0.25, -0.2) is 0 Å². The number of carbonyl (C=O) groups is 1. The minimum atomic E-state index is -0.882. The van der Waals surface area contributed by atoms with Crippen molar-refractivity contribution in [3.8, 4) is 0 Å². The number of rotatable bonds is 6. The molecule has 4 heteroatoms. The lowest BCUT2D eigenvalue weighted by atomic mass is 9.72. The van der Waals surface area contributed by atoms with Gasteiger partial charge >= 0.3 is 0 Å². The first-order valence-corrected chi connectivity index (χ1v) is 9.21. The molecule has 4 nitrogen and oxygen atoms in total. The standard InChI is InChI=1S/C21H28O4/c1-5-7-8-10-21(23-4)13-18-17-14-24-16(9-6-2)11-15(17)12-19(22)20(18,3)25-21/h6,9,11-12,14,18H,5,7-8,10,13H2,1-4H3/b9-6+/t18-,20-,21-/m1/s1. The third kappa shape index (κ3) is 3.13. The predicted molar refractivity (Wildman–Crippen MR) is 96.6 cm³/mol. The number of fused-ring (bicyclic) bond motifs is 3. The monoisotopic (exact) mass is 344 g/mol. The smallest absolute Gasteiger partial charge is 0.188 e. The van der Waals surface area contributed by atoms with Crippen LogP contribution in [0.5, 0.6) is 0 Å². The third-order valence-corrected chi connectivity index (χ3v) is 5.55. The number of unbranched alkanes of at least 4 members (excludes halogenated alkanes) is 2. The maximum Gasteiger partial charge on any atom is 0.188 e. The number of hydrogen-bond acceptors (Lipinski definition) is 4. The Bertz CT molecular complexity index is 669. The molecule has 0 spiro atoms. The number of ketones is 1. The van der Waals surface area contributed by atoms with Gasteiger partial charge in [-0.15, -0.1) is 0 Å². The van der Waals surface area contributed by atoms with Gasteiger partial charge in [0.25, 0.3) is 0 Å². The number of carbonyl (C=O) groups excluding carboxylic acids is 1. The lowest BCUT2D eigenvalue weighted by Gasteiger charge is -2.35. The largest absolute Gasteiger partial charge is 0.465 e. The van der Waals surface area contributed by atoms with Crippen LogP contribution in [0.1, 0.15) is 52.9 Å². The molecule has 1 saturated heterocycles. The van der Waals surface area contributed by atoms with Crippen molar-refractivity contribution < 1.29 is 19.0 Å². The van der Waals surface area contributed by atoms with Crippen LogP contribution in [0.15, 0.2) is 47.5 Å². The van der Waals surface area contributed by atoms with Crippen LogP contribution in [0, 0.1) is 5.92 Å². The number of allylic oxidation sites excluding steroid dienone is 4. The molecule has 0 bridgehead atoms. The Morgan fingerprint density at radius 1 is 1.36 bits per heavy atom. The summed E-state index contributed by atoms with van der Waals surface area (Å²) in [6.45, 7) is 6.00. The molecule has 0 N–H and O–H groups in total. The van der Waals surface area contributed by atoms with Crippen molar-refractivity contribution in [3.05, 3.63) is 47.5 Å². The molecule has 0 radical (unpaired) electrons. The lowest BCUT2D eigenvalue weighted by molar-refractivity contribution is -0.235. The summed E-state index contributed by atoms with van der Waals surface area (Å²) in [4.78, 5) is 12.9. The molecular weight excluding hydrogens is 316 g/mol. The molecule has 0 amide bonds. The van der Waals surface area contributed by atoms with Crippen LogP contribution >= 0.6 is 0 Å². The summed E-state index contributed by atoms with van der Waals surface area (Å²) >= 11 is 0. The average molecular weight is 344 g/mol. The molecule has 2 aliphatic heterocycles. The van der Waals surface area contributed by atoms with E-state index >= 15 is 0 Å². The lowest BCUT2D eigenvalue weighted by Crippen LogP contribution is -2.45. The minimum Gasteiger partial charge on any atom is -0.465 e. The maximum absolute atomic E-state index is 12.9. The molecule has 0 aromatic carbocycles. The highest BCUT2D eigenvalue weighted by Crippen LogP contribution is 2.53. The van der Waals surface area contributed by atoms with Crippen LogP contribution in [0.2, 0.25) is 0 Å². The van der Waals surface area contributed by atoms with E-state index in [1.165, 1.54) is 0 Å². The summed E-state index contributed by atoms with van der Waals surface area (Å²) in [5.74, 6) is 0.0117. The first-order chi connectivity index (χ1) is 12.0. The first-order valence-electron chi connectivity index (χ1n) is 9.21. The van der Waals surface area contributed by atoms with Crippen LogP contribution in [0.3, 0.4) is 0 Å². The van der Waals surface area contributed by atoms with Crippen molar-refractivity contribution in [2.45, 2.75) is 64.3 Å². The van der Waals surface area contributed by atoms with Crippen LogP contribution < -0.4 is 0 Å². The van der Waals surface area contributed by atoms with Crippen molar-refractivity contribution in [2.75, 3.05) is 7.11 Å². The van der Waals surface area contributed by atoms with Gasteiger partial charge in [0.05, 0.1) is 6.26 Å². The fourth-order valence-electron chi connectivity index (χ4n) is 4.07. The Morgan fingerprint density at radius 3 is 2.84 bits per heavy atom. The van der Waals surface area contributed by atoms with Crippen molar-refractivity contribution in [3.63, 3.8) is 0 Å². The van der Waals surface area contributed by atoms with E-state index in [0.717, 1.165) is 42.6 Å². The predicted octanol–water partition coefficient (Wildman–Crippen LogP) is 4.59. The molecular formula is C21H28O4. The van der Waals surface area contributed by atoms with E-state index in [-0.39, 0.29) is 11.7 Å². The van der Waals surface area contributed by atoms with Crippen LogP contribution in [-0.2, 0) is 19.0 Å². The van der Waals surface area contributed by atoms with Gasteiger partial charge in [-0.1, -0.05) is 25.8 Å². The van der Waals surface area contributed by atoms with Gasteiger partial charge in [-0.2, -0.15) is 0 Å². The Morgan fingerprint density at radius 2 is 2.16 bits per heavy atom. The molecule has 0 saturated carbocycles. The van der Waals surface area contributed by atoms with E-state index in [1.807, 2.05) is 32.1 Å². The molecule has 0 aromatic heterocycles. The Hall–Kier alpha value is -1.65. The molecule has 3 aliphatic rings. The zero-order valence-electron chi connectivity index (χ0n) is 15.6. The van der Waals surface area contributed by atoms with E-state index in [1.54, 1.807) is 19.4 Å². The average Bonchev–Trinajstić information content (AvgIpc) is 2.91. The second kappa shape index (κ2) is 6.93. The fraction of sp³-hybridized carbons (Fsp3) is 0.571. The summed E-state index contributed by atoms with van der Waals surface area (Å²) in [5, 5.41) is 0. The molecule has 3 atom stereocenters. The highest BCUT2D eigenvalue weighted by Gasteiger charge is 2.59. The molecule has 136 valence electrons. The van der Waals surface area contributed by atoms with E-state index in [4.69, 9.17) is 14.2 Å². The summed E-state index contributed by atoms with van der Waals surface area (Å²) in [5.41, 5.74) is 1.08. The number of hydrogen-bond donors (Lipinski definition) is 0. The normalized spacial score (nSPS) is 34.2. The number of methoxy groups -OCH3 is 1. The van der Waals surface area contributed by atoms with Crippen molar-refractivity contribution >= 4 is 5.78 Å². The van der Waals surface area contributed by atoms with Crippen LogP contribution in [0.4, 0.5) is 0 Å². The molecule has 2 heterocycles. The van der Waals surface area contributed by atoms with Gasteiger partial charge in [-0.05, 0) is 44.1 Å². The Balaban J connectivity index is 1.90. The van der Waals surface area contributed by atoms with Crippen molar-refractivity contribution in [1.82, 2.24) is 0 Å². The highest BCUT2D eigenvalue weighted by atomic mass is 16.7. The van der Waals surface area contributed by atoms with E-state index < -0.39 is 11.4 Å². The SMILES string of the molecule is C/C=C/C1=CC2=CC(=O)[C@]3(C)O[C@@](CCCCC)(OC)C[C@@H]3C2=CO1. The Kier molecular flexibility index (Phi) is 5.03. The van der Waals surface area contributed by atoms with Gasteiger partial charge in [0.1, 0.15) is 11.4 Å². The molecule has 3 rings (SSSR count). The second-order valence-corrected chi connectivity index (χ2v) is 7.24. The molecule has 1 aliphatic carbocycles. The van der Waals surface area contributed by atoms with Crippen molar-refractivity contribution in [2.24, 2.45) is 5.92 Å². The number of ether oxygens (including phenoxy) is 3. The molecule has 0 unspecified atom stereocenters. The fourth-order valence-corrected chi connectivity index (χ4v) is 4.07. The Labute approximate surface area is 150 Å². The van der Waals surface area contributed by atoms with Gasteiger partial charge in [0, 0.05) is 31.4 Å². The van der Waals surface area contributed by atoms with Gasteiger partial charge < -0.3 is 14.2 Å².